The minimum Gasteiger partial charge on any atom is -0.464 e. The van der Waals surface area contributed by atoms with Gasteiger partial charge in [0, 0.05) is 6.07 Å². The molecular formula is C16H17N3O6. The first-order chi connectivity index (χ1) is 11.8. The smallest absolute Gasteiger partial charge is 0.313 e. The zero-order chi connectivity index (χ0) is 18.6. The number of nitro benzene ring substituents is 1. The van der Waals surface area contributed by atoms with E-state index in [1.165, 1.54) is 12.1 Å². The molecule has 3 N–H and O–H groups in total. The van der Waals surface area contributed by atoms with Gasteiger partial charge in [0.2, 0.25) is 0 Å². The maximum absolute atomic E-state index is 11.9. The summed E-state index contributed by atoms with van der Waals surface area (Å²) in [7, 11) is 0. The lowest BCUT2D eigenvalue weighted by Gasteiger charge is -2.10. The Hall–Kier alpha value is -3.20. The summed E-state index contributed by atoms with van der Waals surface area (Å²) in [6.07, 6.45) is -1.11. The highest BCUT2D eigenvalue weighted by Crippen LogP contribution is 2.25. The third kappa shape index (κ3) is 4.64. The standard InChI is InChI=1S/C16H17N3O6/c1-9-3-5-11(12(7-9)19(23)24)18-16(22)15(21)17-8-13(20)14-6-4-10(2)25-14/h3-7,13,20H,8H2,1-2H3,(H,17,21)(H,18,22). The first kappa shape index (κ1) is 18.1. The number of aliphatic hydroxyl groups excluding tert-OH is 1. The maximum atomic E-state index is 11.9. The normalized spacial score (nSPS) is 11.6. The predicted octanol–water partition coefficient (Wildman–Crippen LogP) is 1.59. The van der Waals surface area contributed by atoms with E-state index in [-0.39, 0.29) is 23.7 Å². The van der Waals surface area contributed by atoms with Crippen molar-refractivity contribution in [2.45, 2.75) is 20.0 Å². The highest BCUT2D eigenvalue weighted by Gasteiger charge is 2.21. The van der Waals surface area contributed by atoms with E-state index in [0.29, 0.717) is 11.3 Å². The molecule has 0 spiro atoms. The summed E-state index contributed by atoms with van der Waals surface area (Å²) in [4.78, 5) is 34.0. The van der Waals surface area contributed by atoms with Crippen molar-refractivity contribution in [3.8, 4) is 0 Å². The van der Waals surface area contributed by atoms with Crippen LogP contribution in [0, 0.1) is 24.0 Å². The molecule has 1 heterocycles. The first-order valence-electron chi connectivity index (χ1n) is 7.36. The molecule has 2 amide bonds. The second-order valence-corrected chi connectivity index (χ2v) is 5.41. The molecule has 2 aromatic rings. The number of aryl methyl sites for hydroxylation is 2. The van der Waals surface area contributed by atoms with E-state index in [2.05, 4.69) is 10.6 Å². The summed E-state index contributed by atoms with van der Waals surface area (Å²) in [5.41, 5.74) is 0.246. The van der Waals surface area contributed by atoms with Crippen molar-refractivity contribution in [2.24, 2.45) is 0 Å². The van der Waals surface area contributed by atoms with Gasteiger partial charge >= 0.3 is 11.8 Å². The van der Waals surface area contributed by atoms with E-state index in [4.69, 9.17) is 4.42 Å². The van der Waals surface area contributed by atoms with Crippen LogP contribution in [0.25, 0.3) is 0 Å². The van der Waals surface area contributed by atoms with Crippen LogP contribution in [0.2, 0.25) is 0 Å². The molecule has 25 heavy (non-hydrogen) atoms. The SMILES string of the molecule is Cc1ccc(NC(=O)C(=O)NCC(O)c2ccc(C)o2)c([N+](=O)[O-])c1. The van der Waals surface area contributed by atoms with E-state index >= 15 is 0 Å². The molecular weight excluding hydrogens is 330 g/mol. The van der Waals surface area contributed by atoms with Gasteiger partial charge < -0.3 is 20.2 Å². The van der Waals surface area contributed by atoms with Gasteiger partial charge in [-0.1, -0.05) is 6.07 Å². The summed E-state index contributed by atoms with van der Waals surface area (Å²) in [5.74, 6) is -1.25. The number of furan rings is 1. The van der Waals surface area contributed by atoms with E-state index in [1.54, 1.807) is 32.0 Å². The number of nitro groups is 1. The fraction of sp³-hybridized carbons (Fsp3) is 0.250. The van der Waals surface area contributed by atoms with Crippen LogP contribution < -0.4 is 10.6 Å². The van der Waals surface area contributed by atoms with Gasteiger partial charge in [0.1, 0.15) is 23.3 Å². The largest absolute Gasteiger partial charge is 0.464 e. The lowest BCUT2D eigenvalue weighted by atomic mass is 10.2. The molecule has 0 bridgehead atoms. The highest BCUT2D eigenvalue weighted by atomic mass is 16.6. The number of aliphatic hydroxyl groups is 1. The van der Waals surface area contributed by atoms with Gasteiger partial charge in [-0.3, -0.25) is 19.7 Å². The Morgan fingerprint density at radius 3 is 2.56 bits per heavy atom. The van der Waals surface area contributed by atoms with E-state index in [0.717, 1.165) is 0 Å². The second kappa shape index (κ2) is 7.58. The maximum Gasteiger partial charge on any atom is 0.313 e. The van der Waals surface area contributed by atoms with Crippen LogP contribution in [0.1, 0.15) is 23.2 Å². The number of rotatable bonds is 5. The van der Waals surface area contributed by atoms with Crippen molar-refractivity contribution in [2.75, 3.05) is 11.9 Å². The van der Waals surface area contributed by atoms with Gasteiger partial charge in [-0.25, -0.2) is 0 Å². The fourth-order valence-corrected chi connectivity index (χ4v) is 2.08. The van der Waals surface area contributed by atoms with Crippen LogP contribution in [-0.4, -0.2) is 28.4 Å². The van der Waals surface area contributed by atoms with Crippen LogP contribution in [0.3, 0.4) is 0 Å². The molecule has 0 aliphatic rings. The van der Waals surface area contributed by atoms with Crippen molar-refractivity contribution >= 4 is 23.2 Å². The Morgan fingerprint density at radius 1 is 1.24 bits per heavy atom. The average Bonchev–Trinajstić information content (AvgIpc) is 3.00. The number of hydrogen-bond acceptors (Lipinski definition) is 6. The van der Waals surface area contributed by atoms with Gasteiger partial charge in [-0.2, -0.15) is 0 Å². The lowest BCUT2D eigenvalue weighted by molar-refractivity contribution is -0.384. The molecule has 9 heteroatoms. The molecule has 1 atom stereocenters. The summed E-state index contributed by atoms with van der Waals surface area (Å²) < 4.78 is 5.21. The van der Waals surface area contributed by atoms with E-state index in [9.17, 15) is 24.8 Å². The molecule has 1 unspecified atom stereocenters. The molecule has 0 aliphatic carbocycles. The van der Waals surface area contributed by atoms with Crippen molar-refractivity contribution in [3.05, 3.63) is 57.5 Å². The third-order valence-electron chi connectivity index (χ3n) is 3.35. The molecule has 9 nitrogen and oxygen atoms in total. The van der Waals surface area contributed by atoms with Crippen LogP contribution in [-0.2, 0) is 9.59 Å². The second-order valence-electron chi connectivity index (χ2n) is 5.41. The highest BCUT2D eigenvalue weighted by molar-refractivity contribution is 6.39. The minimum atomic E-state index is -1.11. The molecule has 0 radical (unpaired) electrons. The lowest BCUT2D eigenvalue weighted by Crippen LogP contribution is -2.37. The Labute approximate surface area is 142 Å². The predicted molar refractivity (Wildman–Crippen MR) is 87.9 cm³/mol. The van der Waals surface area contributed by atoms with Crippen molar-refractivity contribution in [1.82, 2.24) is 5.32 Å². The number of benzene rings is 1. The van der Waals surface area contributed by atoms with Gasteiger partial charge in [-0.15, -0.1) is 0 Å². The number of nitrogens with one attached hydrogen (secondary N) is 2. The zero-order valence-corrected chi connectivity index (χ0v) is 13.6. The molecule has 0 saturated carbocycles. The minimum absolute atomic E-state index is 0.0852. The zero-order valence-electron chi connectivity index (χ0n) is 13.6. The quantitative estimate of drug-likeness (QED) is 0.427. The molecule has 132 valence electrons. The number of hydrogen-bond donors (Lipinski definition) is 3. The molecule has 1 aromatic heterocycles. The van der Waals surface area contributed by atoms with Crippen LogP contribution in [0.4, 0.5) is 11.4 Å². The van der Waals surface area contributed by atoms with E-state index in [1.807, 2.05) is 0 Å². The van der Waals surface area contributed by atoms with E-state index < -0.39 is 22.8 Å². The van der Waals surface area contributed by atoms with Gasteiger partial charge in [-0.05, 0) is 37.6 Å². The third-order valence-corrected chi connectivity index (χ3v) is 3.35. The molecule has 1 aromatic carbocycles. The monoisotopic (exact) mass is 347 g/mol. The summed E-state index contributed by atoms with van der Waals surface area (Å²) >= 11 is 0. The van der Waals surface area contributed by atoms with Crippen LogP contribution >= 0.6 is 0 Å². The number of anilines is 1. The van der Waals surface area contributed by atoms with Crippen molar-refractivity contribution < 1.29 is 24.0 Å². The Bertz CT molecular complexity index is 814. The topological polar surface area (TPSA) is 135 Å². The molecule has 0 saturated heterocycles. The van der Waals surface area contributed by atoms with Crippen LogP contribution in [0.15, 0.2) is 34.7 Å². The number of amides is 2. The van der Waals surface area contributed by atoms with Gasteiger partial charge in [0.25, 0.3) is 5.69 Å². The first-order valence-corrected chi connectivity index (χ1v) is 7.36. The number of carbonyl (C=O) groups excluding carboxylic acids is 2. The molecule has 2 rings (SSSR count). The van der Waals surface area contributed by atoms with Crippen LogP contribution in [0.5, 0.6) is 0 Å². The Morgan fingerprint density at radius 2 is 1.96 bits per heavy atom. The summed E-state index contributed by atoms with van der Waals surface area (Å²) in [5, 5.41) is 25.3. The van der Waals surface area contributed by atoms with Crippen molar-refractivity contribution in [3.63, 3.8) is 0 Å². The number of nitrogens with zero attached hydrogens (tertiary/aromatic N) is 1. The van der Waals surface area contributed by atoms with Gasteiger partial charge in [0.15, 0.2) is 0 Å². The Balaban J connectivity index is 1.97. The van der Waals surface area contributed by atoms with Gasteiger partial charge in [0.05, 0.1) is 11.5 Å². The fourth-order valence-electron chi connectivity index (χ4n) is 2.08. The average molecular weight is 347 g/mol. The summed E-state index contributed by atoms with van der Waals surface area (Å²) in [6.45, 7) is 3.13. The van der Waals surface area contributed by atoms with Crippen molar-refractivity contribution in [1.29, 1.82) is 0 Å². The molecule has 0 fully saturated rings. The molecule has 0 aliphatic heterocycles. The Kier molecular flexibility index (Phi) is 5.50. The summed E-state index contributed by atoms with van der Waals surface area (Å²) in [6, 6.07) is 7.42. The number of carbonyl (C=O) groups is 2.